The van der Waals surface area contributed by atoms with Crippen molar-refractivity contribution in [3.05, 3.63) is 29.6 Å². The Labute approximate surface area is 143 Å². The van der Waals surface area contributed by atoms with E-state index >= 15 is 0 Å². The summed E-state index contributed by atoms with van der Waals surface area (Å²) in [6.07, 6.45) is 4.77. The molecule has 2 aliphatic rings. The first-order valence-electron chi connectivity index (χ1n) is 8.98. The van der Waals surface area contributed by atoms with Crippen molar-refractivity contribution < 1.29 is 13.9 Å². The zero-order chi connectivity index (χ0) is 16.9. The zero-order valence-electron chi connectivity index (χ0n) is 14.5. The number of methoxy groups -OCH3 is 1. The van der Waals surface area contributed by atoms with Crippen LogP contribution in [-0.4, -0.2) is 55.5 Å². The highest BCUT2D eigenvalue weighted by molar-refractivity contribution is 5.76. The second kappa shape index (κ2) is 7.97. The van der Waals surface area contributed by atoms with Gasteiger partial charge in [-0.1, -0.05) is 6.07 Å². The van der Waals surface area contributed by atoms with E-state index in [-0.39, 0.29) is 17.5 Å². The average Bonchev–Trinajstić information content (AvgIpc) is 3.39. The van der Waals surface area contributed by atoms with Crippen molar-refractivity contribution in [3.63, 3.8) is 0 Å². The standard InChI is InChI=1S/C19H27FN2O2/c1-24-18-8-7-15(13-17(18)20)3-2-4-19(23)22-11-9-21(10-12-22)14-16-5-6-16/h7-8,13,16H,2-6,9-12,14H2,1H3. The molecule has 4 nitrogen and oxygen atoms in total. The molecular weight excluding hydrogens is 307 g/mol. The summed E-state index contributed by atoms with van der Waals surface area (Å²) in [6.45, 7) is 4.92. The van der Waals surface area contributed by atoms with E-state index in [1.807, 2.05) is 11.0 Å². The third-order valence-electron chi connectivity index (χ3n) is 5.01. The number of ether oxygens (including phenoxy) is 1. The van der Waals surface area contributed by atoms with Crippen LogP contribution in [0.1, 0.15) is 31.2 Å². The van der Waals surface area contributed by atoms with Crippen LogP contribution in [-0.2, 0) is 11.2 Å². The molecule has 24 heavy (non-hydrogen) atoms. The predicted octanol–water partition coefficient (Wildman–Crippen LogP) is 2.71. The Hall–Kier alpha value is -1.62. The van der Waals surface area contributed by atoms with Gasteiger partial charge in [-0.25, -0.2) is 4.39 Å². The van der Waals surface area contributed by atoms with Crippen LogP contribution in [0.25, 0.3) is 0 Å². The van der Waals surface area contributed by atoms with Crippen LogP contribution in [0.4, 0.5) is 4.39 Å². The highest BCUT2D eigenvalue weighted by atomic mass is 19.1. The summed E-state index contributed by atoms with van der Waals surface area (Å²) in [6, 6.07) is 5.01. The van der Waals surface area contributed by atoms with Crippen LogP contribution in [0, 0.1) is 11.7 Å². The molecule has 132 valence electrons. The SMILES string of the molecule is COc1ccc(CCCC(=O)N2CCN(CC3CC3)CC2)cc1F. The van der Waals surface area contributed by atoms with Gasteiger partial charge in [0, 0.05) is 39.1 Å². The molecule has 2 fully saturated rings. The molecule has 0 aromatic heterocycles. The van der Waals surface area contributed by atoms with Crippen LogP contribution in [0.2, 0.25) is 0 Å². The number of rotatable bonds is 7. The van der Waals surface area contributed by atoms with E-state index in [2.05, 4.69) is 4.90 Å². The summed E-state index contributed by atoms with van der Waals surface area (Å²) >= 11 is 0. The van der Waals surface area contributed by atoms with Gasteiger partial charge in [-0.3, -0.25) is 9.69 Å². The Balaban J connectivity index is 1.37. The van der Waals surface area contributed by atoms with Gasteiger partial charge in [-0.15, -0.1) is 0 Å². The number of halogens is 1. The molecule has 1 aromatic carbocycles. The number of amides is 1. The first kappa shape index (κ1) is 17.2. The first-order chi connectivity index (χ1) is 11.7. The molecule has 3 rings (SSSR count). The second-order valence-electron chi connectivity index (χ2n) is 6.95. The number of benzene rings is 1. The van der Waals surface area contributed by atoms with Crippen molar-refractivity contribution in [1.82, 2.24) is 9.80 Å². The Morgan fingerprint density at radius 1 is 1.25 bits per heavy atom. The number of piperazine rings is 1. The number of hydrogen-bond acceptors (Lipinski definition) is 3. The van der Waals surface area contributed by atoms with Gasteiger partial charge in [0.25, 0.3) is 0 Å². The Morgan fingerprint density at radius 3 is 2.62 bits per heavy atom. The van der Waals surface area contributed by atoms with E-state index in [9.17, 15) is 9.18 Å². The number of carbonyl (C=O) groups excluding carboxylic acids is 1. The largest absolute Gasteiger partial charge is 0.494 e. The molecule has 0 bridgehead atoms. The van der Waals surface area contributed by atoms with Gasteiger partial charge < -0.3 is 9.64 Å². The summed E-state index contributed by atoms with van der Waals surface area (Å²) in [5.41, 5.74) is 0.912. The van der Waals surface area contributed by atoms with Crippen molar-refractivity contribution in [1.29, 1.82) is 0 Å². The van der Waals surface area contributed by atoms with Crippen LogP contribution in [0.5, 0.6) is 5.75 Å². The fourth-order valence-corrected chi connectivity index (χ4v) is 3.31. The third-order valence-corrected chi connectivity index (χ3v) is 5.01. The minimum absolute atomic E-state index is 0.232. The molecule has 0 unspecified atom stereocenters. The predicted molar refractivity (Wildman–Crippen MR) is 91.6 cm³/mol. The molecule has 5 heteroatoms. The molecule has 0 atom stereocenters. The highest BCUT2D eigenvalue weighted by Crippen LogP contribution is 2.30. The van der Waals surface area contributed by atoms with E-state index in [0.717, 1.165) is 44.1 Å². The van der Waals surface area contributed by atoms with E-state index in [0.29, 0.717) is 12.8 Å². The molecule has 1 aliphatic heterocycles. The maximum atomic E-state index is 13.7. The summed E-state index contributed by atoms with van der Waals surface area (Å²) in [5, 5.41) is 0. The second-order valence-corrected chi connectivity index (χ2v) is 6.95. The maximum absolute atomic E-state index is 13.7. The van der Waals surface area contributed by atoms with Crippen molar-refractivity contribution in [2.75, 3.05) is 39.8 Å². The lowest BCUT2D eigenvalue weighted by Gasteiger charge is -2.34. The van der Waals surface area contributed by atoms with Crippen molar-refractivity contribution in [3.8, 4) is 5.75 Å². The molecule has 1 saturated heterocycles. The molecule has 1 amide bonds. The normalized spacial score (nSPS) is 18.7. The summed E-state index contributed by atoms with van der Waals surface area (Å²) in [4.78, 5) is 16.8. The molecule has 0 spiro atoms. The number of aryl methyl sites for hydroxylation is 1. The van der Waals surface area contributed by atoms with Crippen molar-refractivity contribution in [2.45, 2.75) is 32.1 Å². The lowest BCUT2D eigenvalue weighted by Crippen LogP contribution is -2.49. The molecular formula is C19H27FN2O2. The van der Waals surface area contributed by atoms with Crippen LogP contribution in [0.15, 0.2) is 18.2 Å². The summed E-state index contributed by atoms with van der Waals surface area (Å²) < 4.78 is 18.6. The quantitative estimate of drug-likeness (QED) is 0.769. The van der Waals surface area contributed by atoms with Crippen molar-refractivity contribution in [2.24, 2.45) is 5.92 Å². The summed E-state index contributed by atoms with van der Waals surface area (Å²) in [5.74, 6) is 1.07. The molecule has 1 saturated carbocycles. The number of hydrogen-bond donors (Lipinski definition) is 0. The van der Waals surface area contributed by atoms with E-state index in [4.69, 9.17) is 4.74 Å². The lowest BCUT2D eigenvalue weighted by atomic mass is 10.1. The van der Waals surface area contributed by atoms with E-state index < -0.39 is 0 Å². The first-order valence-corrected chi connectivity index (χ1v) is 8.98. The molecule has 1 aromatic rings. The highest BCUT2D eigenvalue weighted by Gasteiger charge is 2.27. The van der Waals surface area contributed by atoms with Gasteiger partial charge in [0.05, 0.1) is 7.11 Å². The minimum atomic E-state index is -0.340. The average molecular weight is 334 g/mol. The molecule has 1 heterocycles. The van der Waals surface area contributed by atoms with Gasteiger partial charge >= 0.3 is 0 Å². The molecule has 1 aliphatic carbocycles. The topological polar surface area (TPSA) is 32.8 Å². The van der Waals surface area contributed by atoms with Gasteiger partial charge in [-0.2, -0.15) is 0 Å². The maximum Gasteiger partial charge on any atom is 0.222 e. The number of carbonyl (C=O) groups is 1. The molecule has 0 radical (unpaired) electrons. The fourth-order valence-electron chi connectivity index (χ4n) is 3.31. The number of nitrogens with zero attached hydrogens (tertiary/aromatic N) is 2. The fraction of sp³-hybridized carbons (Fsp3) is 0.632. The van der Waals surface area contributed by atoms with Crippen molar-refractivity contribution >= 4 is 5.91 Å². The van der Waals surface area contributed by atoms with Crippen LogP contribution < -0.4 is 4.74 Å². The monoisotopic (exact) mass is 334 g/mol. The van der Waals surface area contributed by atoms with E-state index in [1.165, 1.54) is 32.6 Å². The smallest absolute Gasteiger partial charge is 0.222 e. The van der Waals surface area contributed by atoms with Gasteiger partial charge in [-0.05, 0) is 49.3 Å². The van der Waals surface area contributed by atoms with Gasteiger partial charge in [0.1, 0.15) is 0 Å². The Bertz CT molecular complexity index is 566. The van der Waals surface area contributed by atoms with Gasteiger partial charge in [0.15, 0.2) is 11.6 Å². The summed E-state index contributed by atoms with van der Waals surface area (Å²) in [7, 11) is 1.46. The third kappa shape index (κ3) is 4.69. The van der Waals surface area contributed by atoms with Crippen LogP contribution in [0.3, 0.4) is 0 Å². The zero-order valence-corrected chi connectivity index (χ0v) is 14.5. The Kier molecular flexibility index (Phi) is 5.72. The van der Waals surface area contributed by atoms with Crippen LogP contribution >= 0.6 is 0 Å². The van der Waals surface area contributed by atoms with E-state index in [1.54, 1.807) is 6.07 Å². The molecule has 0 N–H and O–H groups in total. The Morgan fingerprint density at radius 2 is 2.00 bits per heavy atom. The van der Waals surface area contributed by atoms with Gasteiger partial charge in [0.2, 0.25) is 5.91 Å². The lowest BCUT2D eigenvalue weighted by molar-refractivity contribution is -0.133. The minimum Gasteiger partial charge on any atom is -0.494 e.